The Morgan fingerprint density at radius 3 is 1.97 bits per heavy atom. The van der Waals surface area contributed by atoms with Gasteiger partial charge in [0.2, 0.25) is 5.91 Å². The summed E-state index contributed by atoms with van der Waals surface area (Å²) in [5.41, 5.74) is 2.63. The zero-order chi connectivity index (χ0) is 24.3. The first-order chi connectivity index (χ1) is 16.5. The molecule has 0 aliphatic rings. The van der Waals surface area contributed by atoms with Crippen LogP contribution >= 0.6 is 0 Å². The van der Waals surface area contributed by atoms with Gasteiger partial charge in [-0.25, -0.2) is 0 Å². The van der Waals surface area contributed by atoms with Crippen molar-refractivity contribution in [1.29, 1.82) is 0 Å². The minimum Gasteiger partial charge on any atom is -0.497 e. The van der Waals surface area contributed by atoms with E-state index >= 15 is 0 Å². The summed E-state index contributed by atoms with van der Waals surface area (Å²) >= 11 is 0. The number of rotatable bonds is 12. The molecule has 1 N–H and O–H groups in total. The van der Waals surface area contributed by atoms with E-state index < -0.39 is 24.3 Å². The van der Waals surface area contributed by atoms with Crippen molar-refractivity contribution in [3.05, 3.63) is 102 Å². The number of hydrogen-bond donors (Lipinski definition) is 1. The van der Waals surface area contributed by atoms with E-state index in [2.05, 4.69) is 0 Å². The number of Topliss-reactive ketones (excluding diaryl/α,β-unsaturated/α-hetero) is 1. The number of ketones is 1. The molecular formula is C28H29NO5. The van der Waals surface area contributed by atoms with Crippen LogP contribution in [0.25, 0.3) is 0 Å². The predicted octanol–water partition coefficient (Wildman–Crippen LogP) is 4.17. The summed E-state index contributed by atoms with van der Waals surface area (Å²) in [6.45, 7) is -0.394. The molecule has 6 heteroatoms. The van der Waals surface area contributed by atoms with Gasteiger partial charge in [0.05, 0.1) is 7.11 Å². The third-order valence-corrected chi connectivity index (χ3v) is 5.64. The number of aliphatic carboxylic acids is 1. The molecule has 0 spiro atoms. The van der Waals surface area contributed by atoms with E-state index in [-0.39, 0.29) is 25.2 Å². The summed E-state index contributed by atoms with van der Waals surface area (Å²) in [7, 11) is 1.56. The Bertz CT molecular complexity index is 1080. The maximum atomic E-state index is 13.6. The molecule has 0 aromatic heterocycles. The number of carboxylic acids is 1. The van der Waals surface area contributed by atoms with E-state index in [4.69, 9.17) is 4.74 Å². The highest BCUT2D eigenvalue weighted by Crippen LogP contribution is 2.19. The van der Waals surface area contributed by atoms with Crippen molar-refractivity contribution in [2.75, 3.05) is 13.7 Å². The monoisotopic (exact) mass is 459 g/mol. The molecule has 0 aliphatic carbocycles. The van der Waals surface area contributed by atoms with Crippen LogP contribution in [-0.2, 0) is 33.8 Å². The first-order valence-corrected chi connectivity index (χ1v) is 11.2. The number of hydrogen-bond acceptors (Lipinski definition) is 4. The van der Waals surface area contributed by atoms with E-state index in [1.165, 1.54) is 4.90 Å². The lowest BCUT2D eigenvalue weighted by atomic mass is 9.90. The average molecular weight is 460 g/mol. The molecule has 0 fully saturated rings. The standard InChI is InChI=1S/C28H29NO5/c1-34-24-15-12-23(13-16-24)19-29(20-27(31)32)28(33)25(18-22-10-6-3-7-11-22)26(30)17-14-21-8-4-2-5-9-21/h2-13,15-16,25H,14,17-20H2,1H3,(H,31,32). The second-order valence-electron chi connectivity index (χ2n) is 8.13. The van der Waals surface area contributed by atoms with Crippen molar-refractivity contribution in [1.82, 2.24) is 4.90 Å². The Morgan fingerprint density at radius 2 is 1.41 bits per heavy atom. The number of amides is 1. The average Bonchev–Trinajstić information content (AvgIpc) is 2.86. The molecule has 3 rings (SSSR count). The molecule has 3 aromatic rings. The Hall–Kier alpha value is -3.93. The van der Waals surface area contributed by atoms with Gasteiger partial charge in [-0.1, -0.05) is 72.8 Å². The van der Waals surface area contributed by atoms with Crippen LogP contribution in [0.4, 0.5) is 0 Å². The van der Waals surface area contributed by atoms with Gasteiger partial charge in [-0.15, -0.1) is 0 Å². The quantitative estimate of drug-likeness (QED) is 0.411. The fourth-order valence-electron chi connectivity index (χ4n) is 3.82. The zero-order valence-corrected chi connectivity index (χ0v) is 19.2. The molecule has 3 aromatic carbocycles. The number of carbonyl (C=O) groups is 3. The Labute approximate surface area is 199 Å². The summed E-state index contributed by atoms with van der Waals surface area (Å²) in [5, 5.41) is 9.46. The van der Waals surface area contributed by atoms with Crippen molar-refractivity contribution < 1.29 is 24.2 Å². The highest BCUT2D eigenvalue weighted by molar-refractivity contribution is 6.02. The van der Waals surface area contributed by atoms with Crippen LogP contribution in [0, 0.1) is 5.92 Å². The second kappa shape index (κ2) is 12.3. The van der Waals surface area contributed by atoms with Gasteiger partial charge in [-0.05, 0) is 41.7 Å². The summed E-state index contributed by atoms with van der Waals surface area (Å²) in [6.07, 6.45) is 0.957. The number of ether oxygens (including phenoxy) is 1. The molecule has 6 nitrogen and oxygen atoms in total. The largest absolute Gasteiger partial charge is 0.497 e. The van der Waals surface area contributed by atoms with Crippen molar-refractivity contribution in [2.45, 2.75) is 25.8 Å². The highest BCUT2D eigenvalue weighted by atomic mass is 16.5. The van der Waals surface area contributed by atoms with Crippen molar-refractivity contribution in [3.8, 4) is 5.75 Å². The fourth-order valence-corrected chi connectivity index (χ4v) is 3.82. The maximum absolute atomic E-state index is 13.6. The van der Waals surface area contributed by atoms with Crippen LogP contribution in [0.3, 0.4) is 0 Å². The van der Waals surface area contributed by atoms with E-state index in [0.717, 1.165) is 16.7 Å². The van der Waals surface area contributed by atoms with Crippen LogP contribution in [0.2, 0.25) is 0 Å². The first-order valence-electron chi connectivity index (χ1n) is 11.2. The van der Waals surface area contributed by atoms with Crippen LogP contribution in [0.1, 0.15) is 23.1 Å². The van der Waals surface area contributed by atoms with Gasteiger partial charge >= 0.3 is 5.97 Å². The number of nitrogens with zero attached hydrogens (tertiary/aromatic N) is 1. The summed E-state index contributed by atoms with van der Waals surface area (Å²) in [6, 6.07) is 26.0. The van der Waals surface area contributed by atoms with Gasteiger partial charge in [-0.3, -0.25) is 14.4 Å². The van der Waals surface area contributed by atoms with Crippen LogP contribution in [0.5, 0.6) is 5.75 Å². The Balaban J connectivity index is 1.82. The predicted molar refractivity (Wildman–Crippen MR) is 129 cm³/mol. The smallest absolute Gasteiger partial charge is 0.323 e. The number of carbonyl (C=O) groups excluding carboxylic acids is 2. The number of methoxy groups -OCH3 is 1. The molecule has 0 saturated carbocycles. The van der Waals surface area contributed by atoms with E-state index in [1.807, 2.05) is 60.7 Å². The normalized spacial score (nSPS) is 11.4. The van der Waals surface area contributed by atoms with Crippen LogP contribution in [-0.4, -0.2) is 41.3 Å². The van der Waals surface area contributed by atoms with E-state index in [9.17, 15) is 19.5 Å². The van der Waals surface area contributed by atoms with Gasteiger partial charge in [0, 0.05) is 13.0 Å². The number of aryl methyl sites for hydroxylation is 1. The summed E-state index contributed by atoms with van der Waals surface area (Å²) < 4.78 is 5.17. The van der Waals surface area contributed by atoms with Crippen molar-refractivity contribution >= 4 is 17.7 Å². The second-order valence-corrected chi connectivity index (χ2v) is 8.13. The minimum absolute atomic E-state index is 0.0897. The molecule has 1 unspecified atom stereocenters. The molecule has 176 valence electrons. The number of carboxylic acid groups (broad SMARTS) is 1. The van der Waals surface area contributed by atoms with Gasteiger partial charge < -0.3 is 14.7 Å². The first kappa shape index (κ1) is 24.7. The highest BCUT2D eigenvalue weighted by Gasteiger charge is 2.31. The molecule has 0 radical (unpaired) electrons. The van der Waals surface area contributed by atoms with Crippen molar-refractivity contribution in [2.24, 2.45) is 5.92 Å². The molecular weight excluding hydrogens is 430 g/mol. The minimum atomic E-state index is -1.13. The lowest BCUT2D eigenvalue weighted by Gasteiger charge is -2.26. The fraction of sp³-hybridized carbons (Fsp3) is 0.250. The third-order valence-electron chi connectivity index (χ3n) is 5.64. The topological polar surface area (TPSA) is 83.9 Å². The molecule has 0 heterocycles. The zero-order valence-electron chi connectivity index (χ0n) is 19.2. The Kier molecular flexibility index (Phi) is 8.97. The van der Waals surface area contributed by atoms with Crippen molar-refractivity contribution in [3.63, 3.8) is 0 Å². The van der Waals surface area contributed by atoms with Gasteiger partial charge in [0.1, 0.15) is 24.0 Å². The Morgan fingerprint density at radius 1 is 0.824 bits per heavy atom. The molecule has 34 heavy (non-hydrogen) atoms. The van der Waals surface area contributed by atoms with E-state index in [0.29, 0.717) is 12.2 Å². The molecule has 0 saturated heterocycles. The van der Waals surface area contributed by atoms with E-state index in [1.54, 1.807) is 31.4 Å². The molecule has 1 atom stereocenters. The van der Waals surface area contributed by atoms with Crippen LogP contribution < -0.4 is 4.74 Å². The van der Waals surface area contributed by atoms with Crippen LogP contribution in [0.15, 0.2) is 84.9 Å². The van der Waals surface area contributed by atoms with Gasteiger partial charge in [0.15, 0.2) is 0 Å². The SMILES string of the molecule is COc1ccc(CN(CC(=O)O)C(=O)C(Cc2ccccc2)C(=O)CCc2ccccc2)cc1. The molecule has 0 aliphatic heterocycles. The maximum Gasteiger partial charge on any atom is 0.323 e. The number of benzene rings is 3. The molecule has 0 bridgehead atoms. The third kappa shape index (κ3) is 7.30. The lowest BCUT2D eigenvalue weighted by Crippen LogP contribution is -2.42. The summed E-state index contributed by atoms with van der Waals surface area (Å²) in [5.74, 6) is -2.08. The summed E-state index contributed by atoms with van der Waals surface area (Å²) in [4.78, 5) is 39.7. The lowest BCUT2D eigenvalue weighted by molar-refractivity contribution is -0.149. The van der Waals surface area contributed by atoms with Gasteiger partial charge in [-0.2, -0.15) is 0 Å². The molecule has 1 amide bonds. The van der Waals surface area contributed by atoms with Gasteiger partial charge in [0.25, 0.3) is 0 Å².